The number of benzene rings is 1. The summed E-state index contributed by atoms with van der Waals surface area (Å²) in [5.41, 5.74) is 11.9. The minimum Gasteiger partial charge on any atom is -0.481 e. The van der Waals surface area contributed by atoms with Crippen LogP contribution < -0.4 is 11.5 Å². The molecule has 0 radical (unpaired) electrons. The summed E-state index contributed by atoms with van der Waals surface area (Å²) in [6.45, 7) is 1.08. The Morgan fingerprint density at radius 2 is 1.76 bits per heavy atom. The molecular weight excluding hydrogens is 220 g/mol. The predicted octanol–water partition coefficient (Wildman–Crippen LogP) is 0.523. The number of carbonyl (C=O) groups is 2. The van der Waals surface area contributed by atoms with Crippen LogP contribution >= 0.6 is 0 Å². The molecule has 0 saturated heterocycles. The Labute approximate surface area is 100 Å². The molecule has 0 aromatic heterocycles. The van der Waals surface area contributed by atoms with E-state index < -0.39 is 5.97 Å². The van der Waals surface area contributed by atoms with E-state index in [0.717, 1.165) is 12.5 Å². The quantitative estimate of drug-likeness (QED) is 0.711. The third kappa shape index (κ3) is 10.4. The van der Waals surface area contributed by atoms with Gasteiger partial charge in [-0.2, -0.15) is 0 Å². The van der Waals surface area contributed by atoms with E-state index in [4.69, 9.17) is 21.4 Å². The van der Waals surface area contributed by atoms with Crippen LogP contribution in [0.5, 0.6) is 0 Å². The molecule has 5 heteroatoms. The zero-order valence-corrected chi connectivity index (χ0v) is 9.80. The van der Waals surface area contributed by atoms with Gasteiger partial charge in [0, 0.05) is 19.4 Å². The molecule has 1 rings (SSSR count). The van der Waals surface area contributed by atoms with Gasteiger partial charge in [-0.3, -0.25) is 9.59 Å². The van der Waals surface area contributed by atoms with E-state index in [1.54, 1.807) is 0 Å². The van der Waals surface area contributed by atoms with Gasteiger partial charge in [-0.25, -0.2) is 0 Å². The highest BCUT2D eigenvalue weighted by Crippen LogP contribution is 2.03. The van der Waals surface area contributed by atoms with Crippen molar-refractivity contribution in [1.82, 2.24) is 0 Å². The second kappa shape index (κ2) is 8.29. The van der Waals surface area contributed by atoms with E-state index in [-0.39, 0.29) is 18.4 Å². The average Bonchev–Trinajstić information content (AvgIpc) is 2.16. The number of hydrogen-bond donors (Lipinski definition) is 3. The fraction of sp³-hybridized carbons (Fsp3) is 0.333. The van der Waals surface area contributed by atoms with Gasteiger partial charge in [-0.15, -0.1) is 0 Å². The molecule has 5 N–H and O–H groups in total. The van der Waals surface area contributed by atoms with E-state index in [1.165, 1.54) is 0 Å². The van der Waals surface area contributed by atoms with Crippen LogP contribution in [0, 0.1) is 0 Å². The van der Waals surface area contributed by atoms with Crippen molar-refractivity contribution in [2.75, 3.05) is 0 Å². The fourth-order valence-electron chi connectivity index (χ4n) is 1.25. The number of carbonyl (C=O) groups excluding carboxylic acids is 1. The van der Waals surface area contributed by atoms with Gasteiger partial charge in [-0.1, -0.05) is 30.3 Å². The van der Waals surface area contributed by atoms with Gasteiger partial charge >= 0.3 is 0 Å². The lowest BCUT2D eigenvalue weighted by Gasteiger charge is -2.08. The highest BCUT2D eigenvalue weighted by atomic mass is 16.4. The van der Waals surface area contributed by atoms with Crippen molar-refractivity contribution in [2.45, 2.75) is 25.8 Å². The Hall–Kier alpha value is -1.88. The zero-order chi connectivity index (χ0) is 13.3. The Morgan fingerprint density at radius 1 is 1.29 bits per heavy atom. The second-order valence-electron chi connectivity index (χ2n) is 3.64. The molecule has 0 unspecified atom stereocenters. The number of amides is 1. The van der Waals surface area contributed by atoms with Gasteiger partial charge in [0.1, 0.15) is 0 Å². The summed E-state index contributed by atoms with van der Waals surface area (Å²) >= 11 is 0. The highest BCUT2D eigenvalue weighted by molar-refractivity contribution is 5.74. The lowest BCUT2D eigenvalue weighted by Crippen LogP contribution is -2.29. The van der Waals surface area contributed by atoms with Gasteiger partial charge in [0.05, 0.1) is 0 Å². The molecule has 1 aromatic carbocycles. The summed E-state index contributed by atoms with van der Waals surface area (Å²) in [7, 11) is 0. The lowest BCUT2D eigenvalue weighted by molar-refractivity contribution is -0.134. The fourth-order valence-corrected chi connectivity index (χ4v) is 1.25. The number of carboxylic acids is 1. The molecule has 0 aliphatic carbocycles. The highest BCUT2D eigenvalue weighted by Gasteiger charge is 2.06. The first-order chi connectivity index (χ1) is 7.91. The maximum Gasteiger partial charge on any atom is 0.300 e. The van der Waals surface area contributed by atoms with E-state index >= 15 is 0 Å². The van der Waals surface area contributed by atoms with Gasteiger partial charge in [-0.05, 0) is 12.0 Å². The van der Waals surface area contributed by atoms with Crippen LogP contribution in [0.1, 0.15) is 18.9 Å². The monoisotopic (exact) mass is 238 g/mol. The number of carboxylic acid groups (broad SMARTS) is 1. The minimum absolute atomic E-state index is 0.167. The van der Waals surface area contributed by atoms with E-state index in [0.29, 0.717) is 6.42 Å². The number of rotatable bonds is 4. The normalized spacial score (nSPS) is 10.9. The van der Waals surface area contributed by atoms with E-state index in [9.17, 15) is 4.79 Å². The van der Waals surface area contributed by atoms with Crippen LogP contribution in [0.3, 0.4) is 0 Å². The van der Waals surface area contributed by atoms with E-state index in [2.05, 4.69) is 0 Å². The first kappa shape index (κ1) is 15.1. The molecule has 1 atom stereocenters. The molecular formula is C12H18N2O3. The zero-order valence-electron chi connectivity index (χ0n) is 9.80. The number of primary amides is 1. The van der Waals surface area contributed by atoms with Crippen molar-refractivity contribution in [1.29, 1.82) is 0 Å². The number of nitrogens with two attached hydrogens (primary N) is 2. The van der Waals surface area contributed by atoms with E-state index in [1.807, 2.05) is 30.3 Å². The topological polar surface area (TPSA) is 106 Å². The van der Waals surface area contributed by atoms with Gasteiger partial charge in [0.25, 0.3) is 5.97 Å². The standard InChI is InChI=1S/C10H14N2O.C2H4O2/c11-9(7-10(12)13)6-8-4-2-1-3-5-8;1-2(3)4/h1-5,9H,6-7,11H2,(H2,12,13);1H3,(H,3,4)/t9-;/m1./s1. The summed E-state index contributed by atoms with van der Waals surface area (Å²) in [5.74, 6) is -1.18. The predicted molar refractivity (Wildman–Crippen MR) is 65.2 cm³/mol. The molecule has 17 heavy (non-hydrogen) atoms. The van der Waals surface area contributed by atoms with Crippen LogP contribution in [0.4, 0.5) is 0 Å². The lowest BCUT2D eigenvalue weighted by atomic mass is 10.0. The summed E-state index contributed by atoms with van der Waals surface area (Å²) in [6.07, 6.45) is 0.943. The van der Waals surface area contributed by atoms with Crippen molar-refractivity contribution in [3.63, 3.8) is 0 Å². The van der Waals surface area contributed by atoms with Crippen molar-refractivity contribution in [3.05, 3.63) is 35.9 Å². The molecule has 5 nitrogen and oxygen atoms in total. The second-order valence-corrected chi connectivity index (χ2v) is 3.64. The van der Waals surface area contributed by atoms with Crippen LogP contribution in [-0.4, -0.2) is 23.0 Å². The third-order valence-corrected chi connectivity index (χ3v) is 1.80. The maximum absolute atomic E-state index is 10.5. The van der Waals surface area contributed by atoms with Gasteiger partial charge in [0.15, 0.2) is 0 Å². The molecule has 0 aliphatic rings. The SMILES string of the molecule is CC(=O)O.NC(=O)C[C@H](N)Cc1ccccc1. The molecule has 1 amide bonds. The van der Waals surface area contributed by atoms with Crippen LogP contribution in [0.2, 0.25) is 0 Å². The minimum atomic E-state index is -0.833. The molecule has 0 bridgehead atoms. The van der Waals surface area contributed by atoms with Crippen molar-refractivity contribution < 1.29 is 14.7 Å². The van der Waals surface area contributed by atoms with Crippen molar-refractivity contribution in [2.24, 2.45) is 11.5 Å². The van der Waals surface area contributed by atoms with Crippen LogP contribution in [0.25, 0.3) is 0 Å². The number of aliphatic carboxylic acids is 1. The first-order valence-corrected chi connectivity index (χ1v) is 5.19. The van der Waals surface area contributed by atoms with Crippen molar-refractivity contribution in [3.8, 4) is 0 Å². The first-order valence-electron chi connectivity index (χ1n) is 5.19. The summed E-state index contributed by atoms with van der Waals surface area (Å²) in [6, 6.07) is 9.66. The summed E-state index contributed by atoms with van der Waals surface area (Å²) in [4.78, 5) is 19.5. The van der Waals surface area contributed by atoms with Crippen LogP contribution in [0.15, 0.2) is 30.3 Å². The Kier molecular flexibility index (Phi) is 7.38. The molecule has 1 aromatic rings. The molecule has 0 aliphatic heterocycles. The summed E-state index contributed by atoms with van der Waals surface area (Å²) < 4.78 is 0. The Bertz CT molecular complexity index is 348. The Morgan fingerprint density at radius 3 is 2.18 bits per heavy atom. The Balaban J connectivity index is 0.000000557. The maximum atomic E-state index is 10.5. The largest absolute Gasteiger partial charge is 0.481 e. The molecule has 0 heterocycles. The van der Waals surface area contributed by atoms with Crippen molar-refractivity contribution >= 4 is 11.9 Å². The van der Waals surface area contributed by atoms with Gasteiger partial charge in [0.2, 0.25) is 5.91 Å². The average molecular weight is 238 g/mol. The molecule has 0 fully saturated rings. The third-order valence-electron chi connectivity index (χ3n) is 1.80. The summed E-state index contributed by atoms with van der Waals surface area (Å²) in [5, 5.41) is 7.42. The smallest absolute Gasteiger partial charge is 0.300 e. The molecule has 0 saturated carbocycles. The van der Waals surface area contributed by atoms with Crippen LogP contribution in [-0.2, 0) is 16.0 Å². The van der Waals surface area contributed by atoms with Gasteiger partial charge < -0.3 is 16.6 Å². The number of hydrogen-bond acceptors (Lipinski definition) is 3. The molecule has 94 valence electrons. The molecule has 0 spiro atoms.